The Morgan fingerprint density at radius 2 is 1.73 bits per heavy atom. The minimum Gasteiger partial charge on any atom is -0.342 e. The fraction of sp³-hybridized carbons (Fsp3) is 0.417. The summed E-state index contributed by atoms with van der Waals surface area (Å²) < 4.78 is 13.3. The van der Waals surface area contributed by atoms with Gasteiger partial charge in [-0.1, -0.05) is 35.9 Å². The van der Waals surface area contributed by atoms with Gasteiger partial charge in [0.05, 0.1) is 12.0 Å². The Kier molecular flexibility index (Phi) is 5.97. The second-order valence-electron chi connectivity index (χ2n) is 8.44. The summed E-state index contributed by atoms with van der Waals surface area (Å²) in [5, 5.41) is 0. The van der Waals surface area contributed by atoms with E-state index in [4.69, 9.17) is 0 Å². The van der Waals surface area contributed by atoms with Crippen molar-refractivity contribution < 1.29 is 14.0 Å². The van der Waals surface area contributed by atoms with Gasteiger partial charge < -0.3 is 4.90 Å². The predicted molar refractivity (Wildman–Crippen MR) is 113 cm³/mol. The summed E-state index contributed by atoms with van der Waals surface area (Å²) in [6.45, 7) is 5.72. The molecule has 2 atom stereocenters. The van der Waals surface area contributed by atoms with Crippen LogP contribution in [0, 0.1) is 31.5 Å². The highest BCUT2D eigenvalue weighted by Crippen LogP contribution is 2.30. The summed E-state index contributed by atoms with van der Waals surface area (Å²) in [5.41, 5.74) is 10.1. The van der Waals surface area contributed by atoms with Crippen molar-refractivity contribution in [2.75, 3.05) is 19.6 Å². The highest BCUT2D eigenvalue weighted by atomic mass is 19.1. The van der Waals surface area contributed by atoms with Crippen LogP contribution >= 0.6 is 0 Å². The van der Waals surface area contributed by atoms with Crippen LogP contribution < -0.4 is 10.9 Å². The highest BCUT2D eigenvalue weighted by molar-refractivity contribution is 5.99. The van der Waals surface area contributed by atoms with Crippen LogP contribution in [0.3, 0.4) is 0 Å². The van der Waals surface area contributed by atoms with E-state index >= 15 is 0 Å². The zero-order valence-corrected chi connectivity index (χ0v) is 17.5. The van der Waals surface area contributed by atoms with Gasteiger partial charge in [0.15, 0.2) is 5.78 Å². The third-order valence-electron chi connectivity index (χ3n) is 6.35. The van der Waals surface area contributed by atoms with E-state index < -0.39 is 0 Å². The topological polar surface area (TPSA) is 61.4 Å². The SMILES string of the molecule is Cc1ccc(C(=O)C2CCN(C(=O)C3CNNC3c3ccc(F)cc3)CC2)c(C)c1. The van der Waals surface area contributed by atoms with E-state index in [-0.39, 0.29) is 35.4 Å². The number of halogens is 1. The lowest BCUT2D eigenvalue weighted by molar-refractivity contribution is -0.136. The van der Waals surface area contributed by atoms with E-state index in [0.717, 1.165) is 22.3 Å². The van der Waals surface area contributed by atoms with Gasteiger partial charge in [-0.2, -0.15) is 0 Å². The predicted octanol–water partition coefficient (Wildman–Crippen LogP) is 3.33. The molecule has 2 unspecified atom stereocenters. The minimum absolute atomic E-state index is 0.0387. The van der Waals surface area contributed by atoms with E-state index in [1.165, 1.54) is 12.1 Å². The average Bonchev–Trinajstić information content (AvgIpc) is 3.23. The summed E-state index contributed by atoms with van der Waals surface area (Å²) >= 11 is 0. The third-order valence-corrected chi connectivity index (χ3v) is 6.35. The lowest BCUT2D eigenvalue weighted by Gasteiger charge is -2.34. The van der Waals surface area contributed by atoms with Crippen LogP contribution in [0.2, 0.25) is 0 Å². The Bertz CT molecular complexity index is 936. The fourth-order valence-electron chi connectivity index (χ4n) is 4.62. The van der Waals surface area contributed by atoms with Gasteiger partial charge in [0.1, 0.15) is 5.82 Å². The van der Waals surface area contributed by atoms with Crippen molar-refractivity contribution in [3.63, 3.8) is 0 Å². The standard InChI is InChI=1S/C24H28FN3O2/c1-15-3-8-20(16(2)13-15)23(29)18-9-11-28(12-10-18)24(30)21-14-26-27-22(21)17-4-6-19(25)7-5-17/h3-8,13,18,21-22,26-27H,9-12,14H2,1-2H3. The van der Waals surface area contributed by atoms with Crippen LogP contribution in [0.5, 0.6) is 0 Å². The molecule has 30 heavy (non-hydrogen) atoms. The van der Waals surface area contributed by atoms with E-state index in [2.05, 4.69) is 10.9 Å². The number of nitrogens with zero attached hydrogens (tertiary/aromatic N) is 1. The van der Waals surface area contributed by atoms with Gasteiger partial charge in [0, 0.05) is 31.1 Å². The average molecular weight is 410 g/mol. The second kappa shape index (κ2) is 8.66. The van der Waals surface area contributed by atoms with Crippen LogP contribution in [-0.2, 0) is 4.79 Å². The summed E-state index contributed by atoms with van der Waals surface area (Å²) in [6.07, 6.45) is 1.37. The maximum Gasteiger partial charge on any atom is 0.229 e. The van der Waals surface area contributed by atoms with Gasteiger partial charge in [-0.3, -0.25) is 15.0 Å². The first-order chi connectivity index (χ1) is 14.4. The lowest BCUT2D eigenvalue weighted by Crippen LogP contribution is -2.44. The van der Waals surface area contributed by atoms with E-state index in [1.807, 2.05) is 36.9 Å². The number of hydrazine groups is 1. The molecule has 0 radical (unpaired) electrons. The molecule has 5 nitrogen and oxygen atoms in total. The van der Waals surface area contributed by atoms with Gasteiger partial charge in [-0.25, -0.2) is 9.82 Å². The Hall–Kier alpha value is -2.57. The summed E-state index contributed by atoms with van der Waals surface area (Å²) in [6, 6.07) is 12.0. The number of benzene rings is 2. The van der Waals surface area contributed by atoms with Crippen molar-refractivity contribution in [1.82, 2.24) is 15.8 Å². The molecule has 158 valence electrons. The lowest BCUT2D eigenvalue weighted by atomic mass is 9.86. The Balaban J connectivity index is 1.39. The number of aryl methyl sites for hydroxylation is 2. The number of Topliss-reactive ketones (excluding diaryl/α,β-unsaturated/α-hetero) is 1. The number of rotatable bonds is 4. The molecule has 0 aromatic heterocycles. The molecule has 0 spiro atoms. The van der Waals surface area contributed by atoms with E-state index in [0.29, 0.717) is 32.5 Å². The van der Waals surface area contributed by atoms with Gasteiger partial charge in [0.2, 0.25) is 5.91 Å². The van der Waals surface area contributed by atoms with Crippen LogP contribution in [0.4, 0.5) is 4.39 Å². The van der Waals surface area contributed by atoms with E-state index in [1.54, 1.807) is 12.1 Å². The van der Waals surface area contributed by atoms with Crippen LogP contribution in [0.1, 0.15) is 45.9 Å². The first-order valence-corrected chi connectivity index (χ1v) is 10.6. The van der Waals surface area contributed by atoms with Gasteiger partial charge >= 0.3 is 0 Å². The summed E-state index contributed by atoms with van der Waals surface area (Å²) in [5.74, 6) is -0.305. The number of amides is 1. The summed E-state index contributed by atoms with van der Waals surface area (Å²) in [7, 11) is 0. The second-order valence-corrected chi connectivity index (χ2v) is 8.44. The van der Waals surface area contributed by atoms with Gasteiger partial charge in [0.25, 0.3) is 0 Å². The van der Waals surface area contributed by atoms with Crippen molar-refractivity contribution in [1.29, 1.82) is 0 Å². The molecule has 2 heterocycles. The van der Waals surface area contributed by atoms with Crippen LogP contribution in [-0.4, -0.2) is 36.2 Å². The Morgan fingerprint density at radius 3 is 2.40 bits per heavy atom. The van der Waals surface area contributed by atoms with Crippen molar-refractivity contribution in [2.45, 2.75) is 32.7 Å². The largest absolute Gasteiger partial charge is 0.342 e. The molecular formula is C24H28FN3O2. The number of hydrogen-bond donors (Lipinski definition) is 2. The van der Waals surface area contributed by atoms with Crippen molar-refractivity contribution in [3.8, 4) is 0 Å². The molecule has 0 bridgehead atoms. The minimum atomic E-state index is -0.289. The molecule has 0 aliphatic carbocycles. The molecule has 2 fully saturated rings. The first kappa shape index (κ1) is 20.7. The highest BCUT2D eigenvalue weighted by Gasteiger charge is 2.38. The summed E-state index contributed by atoms with van der Waals surface area (Å²) in [4.78, 5) is 28.0. The number of nitrogens with one attached hydrogen (secondary N) is 2. The molecule has 0 saturated carbocycles. The first-order valence-electron chi connectivity index (χ1n) is 10.6. The smallest absolute Gasteiger partial charge is 0.229 e. The molecular weight excluding hydrogens is 381 g/mol. The maximum atomic E-state index is 13.3. The number of piperidine rings is 1. The van der Waals surface area contributed by atoms with Crippen LogP contribution in [0.25, 0.3) is 0 Å². The van der Waals surface area contributed by atoms with Crippen molar-refractivity contribution in [3.05, 3.63) is 70.5 Å². The molecule has 6 heteroatoms. The number of carbonyl (C=O) groups is 2. The zero-order chi connectivity index (χ0) is 21.3. The monoisotopic (exact) mass is 409 g/mol. The van der Waals surface area contributed by atoms with Crippen LogP contribution in [0.15, 0.2) is 42.5 Å². The van der Waals surface area contributed by atoms with E-state index in [9.17, 15) is 14.0 Å². The maximum absolute atomic E-state index is 13.3. The molecule has 2 aliphatic rings. The number of carbonyl (C=O) groups excluding carboxylic acids is 2. The Labute approximate surface area is 176 Å². The molecule has 2 aliphatic heterocycles. The quantitative estimate of drug-likeness (QED) is 0.761. The Morgan fingerprint density at radius 1 is 1.03 bits per heavy atom. The molecule has 2 aromatic carbocycles. The molecule has 2 aromatic rings. The zero-order valence-electron chi connectivity index (χ0n) is 17.5. The van der Waals surface area contributed by atoms with Gasteiger partial charge in [-0.05, 0) is 49.9 Å². The normalized spacial score (nSPS) is 22.3. The number of likely N-dealkylation sites (tertiary alicyclic amines) is 1. The fourth-order valence-corrected chi connectivity index (χ4v) is 4.62. The number of hydrogen-bond acceptors (Lipinski definition) is 4. The molecule has 1 amide bonds. The number of ketones is 1. The van der Waals surface area contributed by atoms with Crippen molar-refractivity contribution in [2.24, 2.45) is 11.8 Å². The van der Waals surface area contributed by atoms with Gasteiger partial charge in [-0.15, -0.1) is 0 Å². The van der Waals surface area contributed by atoms with Crippen molar-refractivity contribution >= 4 is 11.7 Å². The molecule has 4 rings (SSSR count). The molecule has 2 saturated heterocycles. The third kappa shape index (κ3) is 4.16. The molecule has 2 N–H and O–H groups in total.